The third-order valence-electron chi connectivity index (χ3n) is 9.80. The molecule has 0 heterocycles. The molecule has 66 heavy (non-hydrogen) atoms. The zero-order valence-corrected chi connectivity index (χ0v) is 38.1. The Hall–Kier alpha value is -6.60. The molecule has 370 valence electrons. The second-order valence-electron chi connectivity index (χ2n) is 15.4. The largest absolute Gasteiger partial charge is 0.370 e. The molecule has 3 atom stereocenters. The van der Waals surface area contributed by atoms with E-state index in [1.54, 1.807) is 0 Å². The number of amides is 8. The average Bonchev–Trinajstić information content (AvgIpc) is 3.26. The van der Waals surface area contributed by atoms with E-state index >= 15 is 0 Å². The van der Waals surface area contributed by atoms with Gasteiger partial charge in [-0.15, -0.1) is 0 Å². The first-order chi connectivity index (χ1) is 31.3. The number of carbonyl (C=O) groups is 8. The van der Waals surface area contributed by atoms with Gasteiger partial charge in [0, 0.05) is 111 Å². The number of hydrogen-bond donors (Lipinski definition) is 12. The van der Waals surface area contributed by atoms with Gasteiger partial charge in [0.1, 0.15) is 0 Å². The van der Waals surface area contributed by atoms with Crippen LogP contribution in [0, 0.1) is 0 Å². The molecule has 0 aliphatic carbocycles. The number of nitrogens with zero attached hydrogens (tertiary/aromatic N) is 5. The molecular weight excluding hydrogens is 859 g/mol. The van der Waals surface area contributed by atoms with Crippen LogP contribution in [-0.2, 0) is 44.8 Å². The highest BCUT2D eigenvalue weighted by molar-refractivity contribution is 5.85. The molecule has 0 fully saturated rings. The second-order valence-corrected chi connectivity index (χ2v) is 15.4. The van der Waals surface area contributed by atoms with Crippen molar-refractivity contribution in [2.24, 2.45) is 55.9 Å². The summed E-state index contributed by atoms with van der Waals surface area (Å²) in [5.41, 5.74) is 46.1. The SMILES string of the molecule is CC(=O)NCCN(CCC(=O)NCCN(CCC(=O)NCCN(CCC(=O)NCCC(N)=O)C(=O)[C@@H](N)Cc1ccccc1)C(=O)[C@@H](N)CCCN=C(N)N)C(=O)[C@@H](N)CCCN=C(N)N. The number of primary amides is 1. The summed E-state index contributed by atoms with van der Waals surface area (Å²) in [6.07, 6.45) is 1.15. The van der Waals surface area contributed by atoms with Gasteiger partial charge >= 0.3 is 0 Å². The Labute approximate surface area is 385 Å². The zero-order valence-electron chi connectivity index (χ0n) is 38.1. The first-order valence-electron chi connectivity index (χ1n) is 21.9. The van der Waals surface area contributed by atoms with Crippen molar-refractivity contribution in [3.05, 3.63) is 35.9 Å². The number of nitrogens with two attached hydrogens (primary N) is 8. The van der Waals surface area contributed by atoms with Crippen molar-refractivity contribution in [1.29, 1.82) is 0 Å². The lowest BCUT2D eigenvalue weighted by molar-refractivity contribution is -0.135. The molecule has 0 aromatic heterocycles. The molecule has 0 bridgehead atoms. The number of hydrogen-bond acceptors (Lipinski definition) is 13. The van der Waals surface area contributed by atoms with Gasteiger partial charge in [0.2, 0.25) is 47.3 Å². The highest BCUT2D eigenvalue weighted by atomic mass is 16.2. The Bertz CT molecular complexity index is 1760. The van der Waals surface area contributed by atoms with Crippen LogP contribution in [0.15, 0.2) is 40.3 Å². The van der Waals surface area contributed by atoms with Gasteiger partial charge in [0.15, 0.2) is 11.9 Å². The number of nitrogens with one attached hydrogen (secondary N) is 4. The number of aliphatic imine (C=N–C) groups is 2. The van der Waals surface area contributed by atoms with Crippen LogP contribution in [-0.4, -0.2) is 171 Å². The van der Waals surface area contributed by atoms with Crippen molar-refractivity contribution >= 4 is 59.2 Å². The lowest BCUT2D eigenvalue weighted by Gasteiger charge is -2.27. The Morgan fingerprint density at radius 2 is 0.894 bits per heavy atom. The van der Waals surface area contributed by atoms with Gasteiger partial charge in [-0.2, -0.15) is 0 Å². The van der Waals surface area contributed by atoms with Crippen LogP contribution < -0.4 is 67.1 Å². The van der Waals surface area contributed by atoms with E-state index in [0.717, 1.165) is 5.56 Å². The van der Waals surface area contributed by atoms with Gasteiger partial charge in [0.25, 0.3) is 0 Å². The summed E-state index contributed by atoms with van der Waals surface area (Å²) in [4.78, 5) is 113. The van der Waals surface area contributed by atoms with E-state index in [-0.39, 0.29) is 141 Å². The van der Waals surface area contributed by atoms with Crippen LogP contribution in [0.25, 0.3) is 0 Å². The second kappa shape index (κ2) is 33.0. The van der Waals surface area contributed by atoms with Gasteiger partial charge in [-0.1, -0.05) is 30.3 Å². The first-order valence-corrected chi connectivity index (χ1v) is 21.9. The topological polar surface area (TPSA) is 427 Å². The standard InChI is InChI=1S/C41H73N17O8/c1-28(59)50-18-24-56(37(64)30(42)9-5-15-54-40(46)47)21-13-35(62)52-19-25-57(38(65)31(43)10-6-16-55-41(48)49)22-14-36(63)53-20-26-58(23-12-34(61)51-17-11-33(45)60)39(66)32(44)27-29-7-3-2-4-8-29/h2-4,7-8,30-32H,5-6,9-27,42-44H2,1H3,(H2,45,60)(H,50,59)(H,51,61)(H,52,62)(H,53,63)(H4,46,47,54)(H4,48,49,55)/t30-,31-,32-/m0/s1. The van der Waals surface area contributed by atoms with Crippen molar-refractivity contribution < 1.29 is 38.4 Å². The summed E-state index contributed by atoms with van der Waals surface area (Å²) in [6.45, 7) is 2.00. The number of rotatable bonds is 34. The Morgan fingerprint density at radius 3 is 1.27 bits per heavy atom. The van der Waals surface area contributed by atoms with E-state index in [9.17, 15) is 38.4 Å². The van der Waals surface area contributed by atoms with Crippen molar-refractivity contribution in [1.82, 2.24) is 36.0 Å². The van der Waals surface area contributed by atoms with E-state index in [2.05, 4.69) is 31.3 Å². The van der Waals surface area contributed by atoms with Crippen LogP contribution >= 0.6 is 0 Å². The van der Waals surface area contributed by atoms with E-state index in [1.807, 2.05) is 30.3 Å². The maximum absolute atomic E-state index is 13.5. The number of benzene rings is 1. The average molecular weight is 932 g/mol. The van der Waals surface area contributed by atoms with Crippen molar-refractivity contribution in [3.63, 3.8) is 0 Å². The Morgan fingerprint density at radius 1 is 0.515 bits per heavy atom. The lowest BCUT2D eigenvalue weighted by Crippen LogP contribution is -2.49. The molecule has 0 aliphatic rings. The maximum atomic E-state index is 13.5. The summed E-state index contributed by atoms with van der Waals surface area (Å²) >= 11 is 0. The zero-order chi connectivity index (χ0) is 49.4. The molecule has 1 aromatic rings. The third-order valence-corrected chi connectivity index (χ3v) is 9.80. The van der Waals surface area contributed by atoms with E-state index < -0.39 is 59.5 Å². The van der Waals surface area contributed by atoms with Gasteiger partial charge in [-0.25, -0.2) is 0 Å². The highest BCUT2D eigenvalue weighted by Crippen LogP contribution is 2.07. The summed E-state index contributed by atoms with van der Waals surface area (Å²) in [5.74, 6) is -3.70. The minimum absolute atomic E-state index is 0.00651. The van der Waals surface area contributed by atoms with Crippen LogP contribution in [0.5, 0.6) is 0 Å². The lowest BCUT2D eigenvalue weighted by atomic mass is 10.1. The van der Waals surface area contributed by atoms with Crippen molar-refractivity contribution in [2.45, 2.75) is 82.8 Å². The smallest absolute Gasteiger partial charge is 0.239 e. The van der Waals surface area contributed by atoms with Crippen molar-refractivity contribution in [2.75, 3.05) is 78.5 Å². The van der Waals surface area contributed by atoms with Crippen molar-refractivity contribution in [3.8, 4) is 0 Å². The van der Waals surface area contributed by atoms with Gasteiger partial charge < -0.3 is 81.8 Å². The minimum Gasteiger partial charge on any atom is -0.370 e. The number of guanidine groups is 2. The van der Waals surface area contributed by atoms with Gasteiger partial charge in [-0.3, -0.25) is 48.3 Å². The summed E-state index contributed by atoms with van der Waals surface area (Å²) in [5, 5.41) is 10.7. The van der Waals surface area contributed by atoms with Crippen LogP contribution in [0.4, 0.5) is 0 Å². The van der Waals surface area contributed by atoms with E-state index in [0.29, 0.717) is 12.8 Å². The monoisotopic (exact) mass is 932 g/mol. The van der Waals surface area contributed by atoms with E-state index in [1.165, 1.54) is 21.6 Å². The highest BCUT2D eigenvalue weighted by Gasteiger charge is 2.25. The molecule has 0 saturated carbocycles. The predicted octanol–water partition coefficient (Wildman–Crippen LogP) is -5.67. The van der Waals surface area contributed by atoms with Crippen LogP contribution in [0.2, 0.25) is 0 Å². The fourth-order valence-electron chi connectivity index (χ4n) is 6.27. The van der Waals surface area contributed by atoms with Gasteiger partial charge in [-0.05, 0) is 37.7 Å². The minimum atomic E-state index is -0.975. The van der Waals surface area contributed by atoms with E-state index in [4.69, 9.17) is 45.9 Å². The Kier molecular flexibility index (Phi) is 28.7. The maximum Gasteiger partial charge on any atom is 0.239 e. The molecule has 1 rings (SSSR count). The fraction of sp³-hybridized carbons (Fsp3) is 0.610. The Balaban J connectivity index is 2.96. The molecule has 1 aromatic carbocycles. The molecule has 0 spiro atoms. The molecule has 0 saturated heterocycles. The fourth-order valence-corrected chi connectivity index (χ4v) is 6.27. The quantitative estimate of drug-likeness (QED) is 0.0174. The molecule has 0 radical (unpaired) electrons. The normalized spacial score (nSPS) is 12.0. The summed E-state index contributed by atoms with van der Waals surface area (Å²) in [7, 11) is 0. The third kappa shape index (κ3) is 26.9. The molecule has 0 aliphatic heterocycles. The molecule has 25 heteroatoms. The summed E-state index contributed by atoms with van der Waals surface area (Å²) in [6, 6.07) is 6.35. The molecule has 25 nitrogen and oxygen atoms in total. The van der Waals surface area contributed by atoms with Crippen LogP contribution in [0.3, 0.4) is 0 Å². The van der Waals surface area contributed by atoms with Crippen LogP contribution in [0.1, 0.15) is 63.9 Å². The molecule has 20 N–H and O–H groups in total. The molecule has 0 unspecified atom stereocenters. The molecule has 8 amide bonds. The first kappa shape index (κ1) is 57.4. The summed E-state index contributed by atoms with van der Waals surface area (Å²) < 4.78 is 0. The number of carbonyl (C=O) groups excluding carboxylic acids is 8. The van der Waals surface area contributed by atoms with Gasteiger partial charge in [0.05, 0.1) is 18.1 Å². The predicted molar refractivity (Wildman–Crippen MR) is 249 cm³/mol. The molecular formula is C41H73N17O8.